The highest BCUT2D eigenvalue weighted by molar-refractivity contribution is 14.1. The number of nitrogens with zero attached hydrogens (tertiary/aromatic N) is 3. The van der Waals surface area contributed by atoms with E-state index in [0.29, 0.717) is 21.5 Å². The van der Waals surface area contributed by atoms with E-state index < -0.39 is 0 Å². The van der Waals surface area contributed by atoms with Crippen molar-refractivity contribution in [3.8, 4) is 0 Å². The first kappa shape index (κ1) is 13.8. The molecule has 0 fully saturated rings. The summed E-state index contributed by atoms with van der Waals surface area (Å²) in [6.07, 6.45) is 1.50. The standard InChI is InChI=1S/C13H10ClFIN3O/c1-7(14)13-17-11-5-10(16)9(15)4-12(11)19(13)6-8-2-3-20-18-8/h2-5,7H,6H2,1H3. The van der Waals surface area contributed by atoms with Crippen LogP contribution in [0, 0.1) is 9.39 Å². The molecule has 0 aliphatic rings. The van der Waals surface area contributed by atoms with E-state index in [-0.39, 0.29) is 11.2 Å². The number of hydrogen-bond donors (Lipinski definition) is 0. The summed E-state index contributed by atoms with van der Waals surface area (Å²) in [4.78, 5) is 4.50. The molecule has 0 aliphatic carbocycles. The summed E-state index contributed by atoms with van der Waals surface area (Å²) < 4.78 is 21.0. The molecule has 2 aromatic heterocycles. The Morgan fingerprint density at radius 3 is 2.95 bits per heavy atom. The molecule has 0 saturated heterocycles. The van der Waals surface area contributed by atoms with Gasteiger partial charge in [-0.3, -0.25) is 0 Å². The van der Waals surface area contributed by atoms with Gasteiger partial charge in [-0.05, 0) is 35.6 Å². The van der Waals surface area contributed by atoms with Crippen LogP contribution in [0.3, 0.4) is 0 Å². The van der Waals surface area contributed by atoms with Crippen LogP contribution in [0.5, 0.6) is 0 Å². The highest BCUT2D eigenvalue weighted by Gasteiger charge is 2.17. The lowest BCUT2D eigenvalue weighted by Crippen LogP contribution is -2.06. The maximum atomic E-state index is 13.8. The van der Waals surface area contributed by atoms with Crippen molar-refractivity contribution in [3.05, 3.63) is 45.4 Å². The number of fused-ring (bicyclic) bond motifs is 1. The molecule has 0 radical (unpaired) electrons. The molecule has 0 amide bonds. The van der Waals surface area contributed by atoms with E-state index in [1.807, 2.05) is 34.1 Å². The zero-order valence-electron chi connectivity index (χ0n) is 10.5. The van der Waals surface area contributed by atoms with Crippen molar-refractivity contribution in [2.45, 2.75) is 18.8 Å². The van der Waals surface area contributed by atoms with E-state index in [4.69, 9.17) is 16.1 Å². The minimum absolute atomic E-state index is 0.270. The Hall–Kier alpha value is -1.15. The monoisotopic (exact) mass is 405 g/mol. The molecule has 0 saturated carbocycles. The molecule has 104 valence electrons. The van der Waals surface area contributed by atoms with Crippen molar-refractivity contribution in [1.29, 1.82) is 0 Å². The first-order valence-electron chi connectivity index (χ1n) is 5.95. The molecule has 1 unspecified atom stereocenters. The van der Waals surface area contributed by atoms with E-state index in [2.05, 4.69) is 10.1 Å². The lowest BCUT2D eigenvalue weighted by atomic mass is 10.3. The van der Waals surface area contributed by atoms with Gasteiger partial charge in [0.15, 0.2) is 0 Å². The predicted molar refractivity (Wildman–Crippen MR) is 82.3 cm³/mol. The van der Waals surface area contributed by atoms with Crippen LogP contribution in [-0.4, -0.2) is 14.7 Å². The van der Waals surface area contributed by atoms with Gasteiger partial charge in [-0.1, -0.05) is 5.16 Å². The highest BCUT2D eigenvalue weighted by Crippen LogP contribution is 2.27. The molecule has 0 N–H and O–H groups in total. The maximum absolute atomic E-state index is 13.8. The fourth-order valence-corrected chi connectivity index (χ4v) is 2.71. The third-order valence-electron chi connectivity index (χ3n) is 2.99. The van der Waals surface area contributed by atoms with Gasteiger partial charge in [0.1, 0.15) is 23.6 Å². The minimum Gasteiger partial charge on any atom is -0.364 e. The quantitative estimate of drug-likeness (QED) is 0.486. The summed E-state index contributed by atoms with van der Waals surface area (Å²) in [5, 5.41) is 3.59. The number of aromatic nitrogens is 3. The van der Waals surface area contributed by atoms with Gasteiger partial charge in [0.05, 0.1) is 26.5 Å². The Kier molecular flexibility index (Phi) is 3.68. The second-order valence-corrected chi connectivity index (χ2v) is 6.23. The SMILES string of the molecule is CC(Cl)c1nc2cc(I)c(F)cc2n1Cc1ccon1. The van der Waals surface area contributed by atoms with Crippen LogP contribution in [-0.2, 0) is 6.54 Å². The summed E-state index contributed by atoms with van der Waals surface area (Å²) in [6.45, 7) is 2.28. The topological polar surface area (TPSA) is 43.9 Å². The number of hydrogen-bond acceptors (Lipinski definition) is 3. The van der Waals surface area contributed by atoms with E-state index in [1.54, 1.807) is 12.1 Å². The fraction of sp³-hybridized carbons (Fsp3) is 0.231. The molecule has 0 spiro atoms. The van der Waals surface area contributed by atoms with Gasteiger partial charge >= 0.3 is 0 Å². The molecule has 0 bridgehead atoms. The van der Waals surface area contributed by atoms with Crippen LogP contribution in [0.1, 0.15) is 23.8 Å². The third-order valence-corrected chi connectivity index (χ3v) is 4.01. The van der Waals surface area contributed by atoms with Crippen LogP contribution in [0.2, 0.25) is 0 Å². The molecule has 1 atom stereocenters. The Labute approximate surface area is 133 Å². The molecule has 1 aromatic carbocycles. The highest BCUT2D eigenvalue weighted by atomic mass is 127. The molecule has 3 rings (SSSR count). The Bertz CT molecular complexity index is 755. The predicted octanol–water partition coefficient (Wildman–Crippen LogP) is 4.12. The zero-order valence-corrected chi connectivity index (χ0v) is 13.4. The van der Waals surface area contributed by atoms with Crippen molar-refractivity contribution < 1.29 is 8.91 Å². The van der Waals surface area contributed by atoms with Gasteiger partial charge in [0.2, 0.25) is 0 Å². The Balaban J connectivity index is 2.20. The van der Waals surface area contributed by atoms with Gasteiger partial charge in [-0.25, -0.2) is 9.37 Å². The molecule has 3 aromatic rings. The largest absolute Gasteiger partial charge is 0.364 e. The third kappa shape index (κ3) is 2.42. The van der Waals surface area contributed by atoms with E-state index in [9.17, 15) is 4.39 Å². The normalized spacial score (nSPS) is 13.0. The minimum atomic E-state index is -0.282. The first-order valence-corrected chi connectivity index (χ1v) is 7.46. The lowest BCUT2D eigenvalue weighted by molar-refractivity contribution is 0.409. The van der Waals surface area contributed by atoms with Crippen molar-refractivity contribution >= 4 is 45.2 Å². The van der Waals surface area contributed by atoms with Crippen molar-refractivity contribution in [1.82, 2.24) is 14.7 Å². The van der Waals surface area contributed by atoms with Crippen LogP contribution < -0.4 is 0 Å². The second kappa shape index (κ2) is 5.33. The molecule has 2 heterocycles. The van der Waals surface area contributed by atoms with Gasteiger partial charge in [0.25, 0.3) is 0 Å². The first-order chi connectivity index (χ1) is 9.56. The van der Waals surface area contributed by atoms with Gasteiger partial charge < -0.3 is 9.09 Å². The average molecular weight is 406 g/mol. The number of rotatable bonds is 3. The van der Waals surface area contributed by atoms with Crippen molar-refractivity contribution in [2.24, 2.45) is 0 Å². The van der Waals surface area contributed by atoms with E-state index >= 15 is 0 Å². The summed E-state index contributed by atoms with van der Waals surface area (Å²) in [5.74, 6) is 0.416. The van der Waals surface area contributed by atoms with Crippen molar-refractivity contribution in [3.63, 3.8) is 0 Å². The number of alkyl halides is 1. The van der Waals surface area contributed by atoms with Crippen LogP contribution in [0.25, 0.3) is 11.0 Å². The molecular formula is C13H10ClFIN3O. The number of benzene rings is 1. The number of imidazole rings is 1. The van der Waals surface area contributed by atoms with Crippen molar-refractivity contribution in [2.75, 3.05) is 0 Å². The van der Waals surface area contributed by atoms with Crippen LogP contribution in [0.15, 0.2) is 29.0 Å². The number of halogens is 3. The van der Waals surface area contributed by atoms with E-state index in [0.717, 1.165) is 11.2 Å². The van der Waals surface area contributed by atoms with E-state index in [1.165, 1.54) is 12.3 Å². The molecule has 20 heavy (non-hydrogen) atoms. The van der Waals surface area contributed by atoms with Gasteiger partial charge in [-0.2, -0.15) is 0 Å². The van der Waals surface area contributed by atoms with Crippen LogP contribution in [0.4, 0.5) is 4.39 Å². The summed E-state index contributed by atoms with van der Waals surface area (Å²) >= 11 is 8.13. The smallest absolute Gasteiger partial charge is 0.138 e. The van der Waals surface area contributed by atoms with Gasteiger partial charge in [0, 0.05) is 12.1 Å². The summed E-state index contributed by atoms with van der Waals surface area (Å²) in [7, 11) is 0. The summed E-state index contributed by atoms with van der Waals surface area (Å²) in [6, 6.07) is 4.96. The lowest BCUT2D eigenvalue weighted by Gasteiger charge is -2.08. The average Bonchev–Trinajstić information content (AvgIpc) is 3.00. The van der Waals surface area contributed by atoms with Gasteiger partial charge in [-0.15, -0.1) is 11.6 Å². The Morgan fingerprint density at radius 2 is 2.30 bits per heavy atom. The molecule has 0 aliphatic heterocycles. The Morgan fingerprint density at radius 1 is 1.50 bits per heavy atom. The second-order valence-electron chi connectivity index (χ2n) is 4.42. The van der Waals surface area contributed by atoms with Crippen LogP contribution >= 0.6 is 34.2 Å². The maximum Gasteiger partial charge on any atom is 0.138 e. The molecule has 4 nitrogen and oxygen atoms in total. The fourth-order valence-electron chi connectivity index (χ4n) is 2.09. The molecular weight excluding hydrogens is 396 g/mol. The molecule has 7 heteroatoms. The zero-order chi connectivity index (χ0) is 14.3. The summed E-state index contributed by atoms with van der Waals surface area (Å²) in [5.41, 5.74) is 2.16.